The van der Waals surface area contributed by atoms with E-state index in [0.717, 1.165) is 29.5 Å². The lowest BCUT2D eigenvalue weighted by Gasteiger charge is -2.43. The Labute approximate surface area is 243 Å². The molecule has 0 aromatic heterocycles. The molecule has 0 amide bonds. The molecule has 0 aliphatic rings. The lowest BCUT2D eigenvalue weighted by molar-refractivity contribution is -0.0865. The molecule has 0 aliphatic carbocycles. The van der Waals surface area contributed by atoms with Crippen LogP contribution in [0.2, 0.25) is 0 Å². The fourth-order valence-corrected chi connectivity index (χ4v) is 6.39. The van der Waals surface area contributed by atoms with Crippen LogP contribution in [-0.2, 0) is 21.7 Å². The molecule has 10 N–H and O–H groups in total. The first-order valence-corrected chi connectivity index (χ1v) is 15.7. The molecule has 1 unspecified atom stereocenters. The topological polar surface area (TPSA) is 197 Å². The van der Waals surface area contributed by atoms with Crippen molar-refractivity contribution in [2.45, 2.75) is 106 Å². The molecule has 0 radical (unpaired) electrons. The Balaban J connectivity index is 0.00000191. The van der Waals surface area contributed by atoms with Crippen molar-refractivity contribution in [3.63, 3.8) is 0 Å². The molecule has 0 saturated carbocycles. The van der Waals surface area contributed by atoms with Crippen molar-refractivity contribution >= 4 is 17.2 Å². The van der Waals surface area contributed by atoms with Gasteiger partial charge in [-0.3, -0.25) is 0 Å². The van der Waals surface area contributed by atoms with E-state index in [1.165, 1.54) is 0 Å². The van der Waals surface area contributed by atoms with Crippen molar-refractivity contribution in [3.8, 4) is 0 Å². The first-order valence-electron chi connectivity index (χ1n) is 13.3. The number of hydrogen-bond donors (Lipinski definition) is 9. The number of aliphatic hydroxyl groups excluding tert-OH is 4. The van der Waals surface area contributed by atoms with Crippen LogP contribution in [0.5, 0.6) is 0 Å². The van der Waals surface area contributed by atoms with Crippen molar-refractivity contribution in [1.29, 1.82) is 0 Å². The third-order valence-corrected chi connectivity index (χ3v) is 7.99. The second-order valence-electron chi connectivity index (χ2n) is 14.4. The van der Waals surface area contributed by atoms with Gasteiger partial charge in [-0.15, -0.1) is 0 Å². The van der Waals surface area contributed by atoms with Crippen LogP contribution >= 0.6 is 17.2 Å². The van der Waals surface area contributed by atoms with Crippen molar-refractivity contribution in [1.82, 2.24) is 0 Å². The lowest BCUT2D eigenvalue weighted by Crippen LogP contribution is -2.43. The second-order valence-corrected chi connectivity index (χ2v) is 16.0. The fourth-order valence-electron chi connectivity index (χ4n) is 5.87. The highest BCUT2D eigenvalue weighted by atomic mass is 31.2. The van der Waals surface area contributed by atoms with Gasteiger partial charge in [0, 0.05) is 6.54 Å². The fraction of sp³-hybridized carbons (Fsp3) is 0.786. The van der Waals surface area contributed by atoms with E-state index in [1.54, 1.807) is 0 Å². The van der Waals surface area contributed by atoms with Crippen LogP contribution in [0.1, 0.15) is 110 Å². The SMILES string of the molecule is CC(C)(C)CC(C)(C)c1cc(CN)cc(C(C)(C)CC(C)(C)C)c1C(O)C(CO)(CO)CO.OP(O)OP(O)O. The molecule has 0 saturated heterocycles. The van der Waals surface area contributed by atoms with Crippen molar-refractivity contribution < 1.29 is 44.3 Å². The Bertz CT molecular complexity index is 843. The molecule has 1 aromatic rings. The van der Waals surface area contributed by atoms with Crippen LogP contribution in [0.4, 0.5) is 0 Å². The number of aliphatic hydroxyl groups is 4. The molecule has 40 heavy (non-hydrogen) atoms. The van der Waals surface area contributed by atoms with Crippen LogP contribution in [-0.4, -0.2) is 59.8 Å². The molecule has 10 nitrogen and oxygen atoms in total. The molecule has 1 rings (SSSR count). The molecule has 0 spiro atoms. The minimum Gasteiger partial charge on any atom is -0.395 e. The van der Waals surface area contributed by atoms with E-state index in [-0.39, 0.29) is 21.7 Å². The monoisotopic (exact) mass is 611 g/mol. The zero-order chi connectivity index (χ0) is 31.9. The van der Waals surface area contributed by atoms with Crippen LogP contribution in [0, 0.1) is 16.2 Å². The van der Waals surface area contributed by atoms with E-state index in [2.05, 4.69) is 85.7 Å². The minimum absolute atomic E-state index is 0.0353. The molecule has 0 bridgehead atoms. The van der Waals surface area contributed by atoms with Gasteiger partial charge < -0.3 is 45.7 Å². The number of benzene rings is 1. The Kier molecular flexibility index (Phi) is 15.3. The highest BCUT2D eigenvalue weighted by molar-refractivity contribution is 7.53. The second kappa shape index (κ2) is 15.4. The molecule has 1 atom stereocenters. The quantitative estimate of drug-likeness (QED) is 0.156. The molecule has 0 aliphatic heterocycles. The molecule has 0 fully saturated rings. The Hall–Kier alpha value is -0.320. The molecule has 1 aromatic carbocycles. The van der Waals surface area contributed by atoms with Gasteiger partial charge >= 0.3 is 17.2 Å². The predicted molar refractivity (Wildman–Crippen MR) is 161 cm³/mol. The summed E-state index contributed by atoms with van der Waals surface area (Å²) in [6.07, 6.45) is 0.474. The Morgan fingerprint density at radius 3 is 1.23 bits per heavy atom. The van der Waals surface area contributed by atoms with Gasteiger partial charge in [0.1, 0.15) is 0 Å². The molecule has 236 valence electrons. The van der Waals surface area contributed by atoms with Crippen molar-refractivity contribution in [2.24, 2.45) is 22.0 Å². The van der Waals surface area contributed by atoms with E-state index >= 15 is 0 Å². The van der Waals surface area contributed by atoms with E-state index < -0.39 is 48.5 Å². The first kappa shape index (κ1) is 39.7. The molecular weight excluding hydrogens is 556 g/mol. The molecule has 0 heterocycles. The average molecular weight is 612 g/mol. The molecule has 12 heteroatoms. The summed E-state index contributed by atoms with van der Waals surface area (Å²) in [5.41, 5.74) is 7.73. The van der Waals surface area contributed by atoms with E-state index in [0.29, 0.717) is 12.1 Å². The normalized spacial score (nSPS) is 14.4. The zero-order valence-electron chi connectivity index (χ0n) is 25.9. The maximum Gasteiger partial charge on any atom is 0.334 e. The van der Waals surface area contributed by atoms with E-state index in [4.69, 9.17) is 25.3 Å². The summed E-state index contributed by atoms with van der Waals surface area (Å²) in [5.74, 6) is 0. The molecular formula is C28H55NO9P2. The summed E-state index contributed by atoms with van der Waals surface area (Å²) < 4.78 is 3.60. The van der Waals surface area contributed by atoms with E-state index in [1.807, 2.05) is 0 Å². The minimum atomic E-state index is -2.61. The number of rotatable bonds is 12. The van der Waals surface area contributed by atoms with Gasteiger partial charge in [0.15, 0.2) is 0 Å². The van der Waals surface area contributed by atoms with Gasteiger partial charge in [0.25, 0.3) is 0 Å². The van der Waals surface area contributed by atoms with Crippen molar-refractivity contribution in [3.05, 3.63) is 34.4 Å². The third-order valence-electron chi connectivity index (χ3n) is 6.82. The van der Waals surface area contributed by atoms with Gasteiger partial charge in [-0.05, 0) is 56.8 Å². The summed E-state index contributed by atoms with van der Waals surface area (Å²) in [6.45, 7) is 20.6. The van der Waals surface area contributed by atoms with Gasteiger partial charge in [-0.2, -0.15) is 0 Å². The first-order chi connectivity index (χ1) is 17.9. The largest absolute Gasteiger partial charge is 0.395 e. The van der Waals surface area contributed by atoms with Gasteiger partial charge in [-0.1, -0.05) is 81.4 Å². The summed E-state index contributed by atoms with van der Waals surface area (Å²) in [7, 11) is -5.22. The summed E-state index contributed by atoms with van der Waals surface area (Å²) in [5, 5.41) is 42.3. The summed E-state index contributed by atoms with van der Waals surface area (Å²) in [6, 6.07) is 4.13. The third kappa shape index (κ3) is 12.1. The summed E-state index contributed by atoms with van der Waals surface area (Å²) in [4.78, 5) is 31.3. The zero-order valence-corrected chi connectivity index (χ0v) is 27.7. The summed E-state index contributed by atoms with van der Waals surface area (Å²) >= 11 is 0. The van der Waals surface area contributed by atoms with Crippen LogP contribution in [0.25, 0.3) is 0 Å². The highest BCUT2D eigenvalue weighted by Gasteiger charge is 2.44. The van der Waals surface area contributed by atoms with Crippen molar-refractivity contribution in [2.75, 3.05) is 19.8 Å². The smallest absolute Gasteiger partial charge is 0.334 e. The Morgan fingerprint density at radius 2 is 1.02 bits per heavy atom. The standard InChI is InChI=1S/C28H51NO4.H4O5P2/c1-24(2,3)14-26(7,8)20-11-19(13-29)12-21(27(9,10)15-25(4,5)6)22(20)23(33)28(16-30,17-31)18-32;1-6(2)5-7(3)4/h11-12,23,30-33H,13-18,29H2,1-10H3;1-4H. The van der Waals surface area contributed by atoms with Gasteiger partial charge in [0.2, 0.25) is 0 Å². The maximum atomic E-state index is 11.8. The number of nitrogens with two attached hydrogens (primary N) is 1. The number of hydrogen-bond acceptors (Lipinski definition) is 10. The van der Waals surface area contributed by atoms with E-state index in [9.17, 15) is 20.4 Å². The van der Waals surface area contributed by atoms with Crippen LogP contribution in [0.15, 0.2) is 12.1 Å². The predicted octanol–water partition coefficient (Wildman–Crippen LogP) is 4.00. The van der Waals surface area contributed by atoms with Crippen LogP contribution in [0.3, 0.4) is 0 Å². The van der Waals surface area contributed by atoms with Gasteiger partial charge in [0.05, 0.1) is 31.3 Å². The highest BCUT2D eigenvalue weighted by Crippen LogP contribution is 2.49. The average Bonchev–Trinajstić information content (AvgIpc) is 2.76. The maximum absolute atomic E-state index is 11.8. The lowest BCUT2D eigenvalue weighted by atomic mass is 9.63. The Morgan fingerprint density at radius 1 is 0.700 bits per heavy atom. The van der Waals surface area contributed by atoms with Crippen LogP contribution < -0.4 is 5.73 Å². The van der Waals surface area contributed by atoms with Gasteiger partial charge in [-0.25, -0.2) is 4.31 Å².